The number of rotatable bonds is 3. The molecule has 1 aromatic carbocycles. The van der Waals surface area contributed by atoms with Crippen molar-refractivity contribution in [3.05, 3.63) is 48.7 Å². The number of pyridine rings is 1. The summed E-state index contributed by atoms with van der Waals surface area (Å²) >= 11 is 0. The number of benzene rings is 1. The lowest BCUT2D eigenvalue weighted by atomic mass is 10.3. The van der Waals surface area contributed by atoms with Crippen molar-refractivity contribution in [3.8, 4) is 11.6 Å². The molecule has 0 aliphatic carbocycles. The zero-order valence-electron chi connectivity index (χ0n) is 10.2. The first-order chi connectivity index (χ1) is 8.92. The molecule has 2 heterocycles. The average molecular weight is 240 g/mol. The summed E-state index contributed by atoms with van der Waals surface area (Å²) in [6, 6.07) is 13.9. The van der Waals surface area contributed by atoms with Crippen LogP contribution in [0.15, 0.2) is 48.7 Å². The lowest BCUT2D eigenvalue weighted by Crippen LogP contribution is -2.17. The van der Waals surface area contributed by atoms with Crippen LogP contribution in [0.25, 0.3) is 0 Å². The SMILES string of the molecule is c1ccc(Oc2cccc(N3CCCC3)c2)nc1. The standard InChI is InChI=1S/C15H16N2O/c1-2-9-16-15(8-1)18-14-7-5-6-13(12-14)17-10-3-4-11-17/h1-2,5-9,12H,3-4,10-11H2. The zero-order valence-corrected chi connectivity index (χ0v) is 10.2. The van der Waals surface area contributed by atoms with Gasteiger partial charge in [-0.05, 0) is 31.0 Å². The topological polar surface area (TPSA) is 25.4 Å². The number of nitrogens with zero attached hydrogens (tertiary/aromatic N) is 2. The molecule has 0 saturated carbocycles. The average Bonchev–Trinajstić information content (AvgIpc) is 2.94. The van der Waals surface area contributed by atoms with Crippen molar-refractivity contribution in [2.45, 2.75) is 12.8 Å². The van der Waals surface area contributed by atoms with E-state index in [2.05, 4.69) is 22.0 Å². The van der Waals surface area contributed by atoms with E-state index < -0.39 is 0 Å². The Morgan fingerprint density at radius 2 is 1.89 bits per heavy atom. The van der Waals surface area contributed by atoms with Gasteiger partial charge in [-0.15, -0.1) is 0 Å². The van der Waals surface area contributed by atoms with Gasteiger partial charge in [0.05, 0.1) is 0 Å². The first-order valence-corrected chi connectivity index (χ1v) is 6.36. The monoisotopic (exact) mass is 240 g/mol. The minimum absolute atomic E-state index is 0.635. The van der Waals surface area contributed by atoms with Crippen molar-refractivity contribution in [2.24, 2.45) is 0 Å². The van der Waals surface area contributed by atoms with Gasteiger partial charge in [0.1, 0.15) is 5.75 Å². The predicted molar refractivity (Wildman–Crippen MR) is 72.2 cm³/mol. The highest BCUT2D eigenvalue weighted by atomic mass is 16.5. The molecule has 3 rings (SSSR count). The second kappa shape index (κ2) is 5.08. The van der Waals surface area contributed by atoms with Gasteiger partial charge in [-0.2, -0.15) is 0 Å². The summed E-state index contributed by atoms with van der Waals surface area (Å²) in [7, 11) is 0. The van der Waals surface area contributed by atoms with Crippen LogP contribution in [0.5, 0.6) is 11.6 Å². The molecule has 0 unspecified atom stereocenters. The summed E-state index contributed by atoms with van der Waals surface area (Å²) in [6.07, 6.45) is 4.30. The molecule has 1 fully saturated rings. The minimum atomic E-state index is 0.635. The molecule has 18 heavy (non-hydrogen) atoms. The number of hydrogen-bond acceptors (Lipinski definition) is 3. The van der Waals surface area contributed by atoms with Crippen LogP contribution in [0, 0.1) is 0 Å². The van der Waals surface area contributed by atoms with Gasteiger partial charge >= 0.3 is 0 Å². The molecular weight excluding hydrogens is 224 g/mol. The van der Waals surface area contributed by atoms with E-state index in [-0.39, 0.29) is 0 Å². The van der Waals surface area contributed by atoms with Gasteiger partial charge in [-0.3, -0.25) is 0 Å². The third-order valence-electron chi connectivity index (χ3n) is 3.15. The Morgan fingerprint density at radius 1 is 1.00 bits per heavy atom. The Labute approximate surface area is 107 Å². The molecule has 92 valence electrons. The van der Waals surface area contributed by atoms with E-state index in [4.69, 9.17) is 4.74 Å². The van der Waals surface area contributed by atoms with Crippen LogP contribution in [-0.4, -0.2) is 18.1 Å². The Balaban J connectivity index is 1.78. The summed E-state index contributed by atoms with van der Waals surface area (Å²) < 4.78 is 5.74. The van der Waals surface area contributed by atoms with Crippen LogP contribution >= 0.6 is 0 Å². The number of anilines is 1. The maximum Gasteiger partial charge on any atom is 0.219 e. The van der Waals surface area contributed by atoms with Gasteiger partial charge in [0.15, 0.2) is 0 Å². The highest BCUT2D eigenvalue weighted by molar-refractivity contribution is 5.51. The maximum absolute atomic E-state index is 5.74. The largest absolute Gasteiger partial charge is 0.439 e. The third kappa shape index (κ3) is 2.45. The highest BCUT2D eigenvalue weighted by Gasteiger charge is 2.12. The van der Waals surface area contributed by atoms with Gasteiger partial charge in [-0.25, -0.2) is 4.98 Å². The summed E-state index contributed by atoms with van der Waals surface area (Å²) in [6.45, 7) is 2.29. The second-order valence-corrected chi connectivity index (χ2v) is 4.46. The molecule has 0 amide bonds. The molecule has 3 heteroatoms. The van der Waals surface area contributed by atoms with Crippen LogP contribution in [0.3, 0.4) is 0 Å². The molecule has 0 N–H and O–H groups in total. The van der Waals surface area contributed by atoms with E-state index in [1.165, 1.54) is 18.5 Å². The molecule has 1 saturated heterocycles. The van der Waals surface area contributed by atoms with Gasteiger partial charge in [0.2, 0.25) is 5.88 Å². The number of ether oxygens (including phenoxy) is 1. The Morgan fingerprint density at radius 3 is 2.67 bits per heavy atom. The normalized spacial score (nSPS) is 14.8. The lowest BCUT2D eigenvalue weighted by Gasteiger charge is -2.18. The molecule has 1 aliphatic rings. The van der Waals surface area contributed by atoms with Crippen LogP contribution < -0.4 is 9.64 Å². The van der Waals surface area contributed by atoms with Crippen molar-refractivity contribution < 1.29 is 4.74 Å². The summed E-state index contributed by atoms with van der Waals surface area (Å²) in [4.78, 5) is 6.56. The molecule has 0 spiro atoms. The van der Waals surface area contributed by atoms with Gasteiger partial charge in [0, 0.05) is 37.1 Å². The predicted octanol–water partition coefficient (Wildman–Crippen LogP) is 3.47. The van der Waals surface area contributed by atoms with E-state index >= 15 is 0 Å². The molecule has 0 bridgehead atoms. The van der Waals surface area contributed by atoms with E-state index in [9.17, 15) is 0 Å². The fourth-order valence-corrected chi connectivity index (χ4v) is 2.25. The van der Waals surface area contributed by atoms with Gasteiger partial charge in [0.25, 0.3) is 0 Å². The zero-order chi connectivity index (χ0) is 12.2. The van der Waals surface area contributed by atoms with Crippen molar-refractivity contribution >= 4 is 5.69 Å². The van der Waals surface area contributed by atoms with Crippen molar-refractivity contribution in [1.29, 1.82) is 0 Å². The Bertz CT molecular complexity index is 507. The first-order valence-electron chi connectivity index (χ1n) is 6.36. The van der Waals surface area contributed by atoms with E-state index in [0.717, 1.165) is 18.8 Å². The van der Waals surface area contributed by atoms with Crippen LogP contribution in [0.1, 0.15) is 12.8 Å². The lowest BCUT2D eigenvalue weighted by molar-refractivity contribution is 0.463. The van der Waals surface area contributed by atoms with Gasteiger partial charge in [-0.1, -0.05) is 12.1 Å². The summed E-state index contributed by atoms with van der Waals surface area (Å²) in [5.41, 5.74) is 1.24. The second-order valence-electron chi connectivity index (χ2n) is 4.46. The van der Waals surface area contributed by atoms with E-state index in [0.29, 0.717) is 5.88 Å². The summed E-state index contributed by atoms with van der Waals surface area (Å²) in [5, 5.41) is 0. The first kappa shape index (κ1) is 11.1. The van der Waals surface area contributed by atoms with Crippen molar-refractivity contribution in [2.75, 3.05) is 18.0 Å². The molecule has 1 aromatic heterocycles. The van der Waals surface area contributed by atoms with Crippen molar-refractivity contribution in [3.63, 3.8) is 0 Å². The number of hydrogen-bond donors (Lipinski definition) is 0. The maximum atomic E-state index is 5.74. The molecular formula is C15H16N2O. The van der Waals surface area contributed by atoms with Crippen LogP contribution in [-0.2, 0) is 0 Å². The Hall–Kier alpha value is -2.03. The smallest absolute Gasteiger partial charge is 0.219 e. The molecule has 1 aliphatic heterocycles. The highest BCUT2D eigenvalue weighted by Crippen LogP contribution is 2.26. The fraction of sp³-hybridized carbons (Fsp3) is 0.267. The van der Waals surface area contributed by atoms with Crippen LogP contribution in [0.2, 0.25) is 0 Å². The molecule has 3 nitrogen and oxygen atoms in total. The third-order valence-corrected chi connectivity index (χ3v) is 3.15. The van der Waals surface area contributed by atoms with E-state index in [1.54, 1.807) is 6.20 Å². The minimum Gasteiger partial charge on any atom is -0.439 e. The summed E-state index contributed by atoms with van der Waals surface area (Å²) in [5.74, 6) is 1.48. The van der Waals surface area contributed by atoms with Crippen LogP contribution in [0.4, 0.5) is 5.69 Å². The van der Waals surface area contributed by atoms with Gasteiger partial charge < -0.3 is 9.64 Å². The molecule has 0 atom stereocenters. The van der Waals surface area contributed by atoms with E-state index in [1.807, 2.05) is 30.3 Å². The van der Waals surface area contributed by atoms with Crippen molar-refractivity contribution in [1.82, 2.24) is 4.98 Å². The quantitative estimate of drug-likeness (QED) is 0.821. The molecule has 0 radical (unpaired) electrons. The fourth-order valence-electron chi connectivity index (χ4n) is 2.25. The number of aromatic nitrogens is 1. The Kier molecular flexibility index (Phi) is 3.13. The molecule has 2 aromatic rings.